The standard InChI is InChI=1S/C12H18O3/c1-12(5-6-13)10(2-3-11(12)14)9-4-7-15-8-9/h4,7-8,10-11,13-14H,2-3,5-6H2,1H3/t10?,11-,12+/m0/s1. The van der Waals surface area contributed by atoms with Crippen LogP contribution in [0, 0.1) is 5.41 Å². The topological polar surface area (TPSA) is 53.6 Å². The molecule has 1 heterocycles. The molecule has 0 amide bonds. The zero-order chi connectivity index (χ0) is 10.9. The lowest BCUT2D eigenvalue weighted by molar-refractivity contribution is 0.0359. The van der Waals surface area contributed by atoms with E-state index in [9.17, 15) is 5.11 Å². The lowest BCUT2D eigenvalue weighted by Gasteiger charge is -2.33. The molecule has 3 nitrogen and oxygen atoms in total. The zero-order valence-electron chi connectivity index (χ0n) is 9.02. The van der Waals surface area contributed by atoms with Crippen LogP contribution < -0.4 is 0 Å². The Morgan fingerprint density at radius 3 is 2.93 bits per heavy atom. The first-order valence-corrected chi connectivity index (χ1v) is 5.49. The summed E-state index contributed by atoms with van der Waals surface area (Å²) in [6.45, 7) is 2.18. The Labute approximate surface area is 89.7 Å². The summed E-state index contributed by atoms with van der Waals surface area (Å²) in [5.74, 6) is 0.304. The largest absolute Gasteiger partial charge is 0.472 e. The Balaban J connectivity index is 2.25. The van der Waals surface area contributed by atoms with Crippen molar-refractivity contribution in [2.45, 2.75) is 38.2 Å². The van der Waals surface area contributed by atoms with Gasteiger partial charge in [-0.05, 0) is 36.8 Å². The van der Waals surface area contributed by atoms with Gasteiger partial charge in [0, 0.05) is 12.0 Å². The molecule has 84 valence electrons. The van der Waals surface area contributed by atoms with Gasteiger partial charge < -0.3 is 14.6 Å². The third-order valence-corrected chi connectivity index (χ3v) is 3.88. The molecule has 0 aromatic carbocycles. The van der Waals surface area contributed by atoms with E-state index in [1.54, 1.807) is 12.5 Å². The first kappa shape index (κ1) is 10.7. The summed E-state index contributed by atoms with van der Waals surface area (Å²) >= 11 is 0. The van der Waals surface area contributed by atoms with Gasteiger partial charge in [0.15, 0.2) is 0 Å². The highest BCUT2D eigenvalue weighted by Gasteiger charge is 2.46. The van der Waals surface area contributed by atoms with Crippen LogP contribution in [-0.4, -0.2) is 22.9 Å². The van der Waals surface area contributed by atoms with E-state index in [-0.39, 0.29) is 18.1 Å². The predicted molar refractivity (Wildman–Crippen MR) is 56.5 cm³/mol. The van der Waals surface area contributed by atoms with Gasteiger partial charge in [-0.25, -0.2) is 0 Å². The molecular formula is C12H18O3. The fraction of sp³-hybridized carbons (Fsp3) is 0.667. The van der Waals surface area contributed by atoms with Crippen LogP contribution in [0.3, 0.4) is 0 Å². The highest BCUT2D eigenvalue weighted by Crippen LogP contribution is 2.51. The smallest absolute Gasteiger partial charge is 0.0937 e. The van der Waals surface area contributed by atoms with Crippen LogP contribution in [0.1, 0.15) is 37.7 Å². The summed E-state index contributed by atoms with van der Waals surface area (Å²) in [6, 6.07) is 1.96. The number of aliphatic hydroxyl groups is 2. The van der Waals surface area contributed by atoms with Gasteiger partial charge in [0.25, 0.3) is 0 Å². The van der Waals surface area contributed by atoms with Gasteiger partial charge in [0.1, 0.15) is 0 Å². The van der Waals surface area contributed by atoms with Crippen LogP contribution in [0.4, 0.5) is 0 Å². The van der Waals surface area contributed by atoms with Crippen LogP contribution in [0.15, 0.2) is 23.0 Å². The minimum absolute atomic E-state index is 0.127. The first-order chi connectivity index (χ1) is 7.18. The number of furan rings is 1. The van der Waals surface area contributed by atoms with Crippen LogP contribution in [0.25, 0.3) is 0 Å². The normalized spacial score (nSPS) is 35.9. The fourth-order valence-corrected chi connectivity index (χ4v) is 2.82. The first-order valence-electron chi connectivity index (χ1n) is 5.49. The van der Waals surface area contributed by atoms with E-state index in [0.717, 1.165) is 18.4 Å². The highest BCUT2D eigenvalue weighted by molar-refractivity contribution is 5.20. The predicted octanol–water partition coefficient (Wildman–Crippen LogP) is 1.91. The van der Waals surface area contributed by atoms with Crippen LogP contribution in [0.5, 0.6) is 0 Å². The van der Waals surface area contributed by atoms with Crippen molar-refractivity contribution in [3.05, 3.63) is 24.2 Å². The number of rotatable bonds is 3. The van der Waals surface area contributed by atoms with Gasteiger partial charge in [-0.1, -0.05) is 6.92 Å². The van der Waals surface area contributed by atoms with Crippen LogP contribution in [-0.2, 0) is 0 Å². The van der Waals surface area contributed by atoms with Gasteiger partial charge in [-0.2, -0.15) is 0 Å². The van der Waals surface area contributed by atoms with Gasteiger partial charge >= 0.3 is 0 Å². The summed E-state index contributed by atoms with van der Waals surface area (Å²) in [5.41, 5.74) is 0.932. The average molecular weight is 210 g/mol. The van der Waals surface area contributed by atoms with E-state index in [0.29, 0.717) is 12.3 Å². The molecule has 0 spiro atoms. The van der Waals surface area contributed by atoms with Crippen molar-refractivity contribution in [3.8, 4) is 0 Å². The number of hydrogen-bond donors (Lipinski definition) is 2. The van der Waals surface area contributed by atoms with Crippen molar-refractivity contribution in [1.82, 2.24) is 0 Å². The molecule has 1 aromatic rings. The molecule has 1 aromatic heterocycles. The quantitative estimate of drug-likeness (QED) is 0.801. The third-order valence-electron chi connectivity index (χ3n) is 3.88. The SMILES string of the molecule is C[C@@]1(CCO)C(c2ccoc2)CC[C@@H]1O. The molecule has 0 saturated heterocycles. The summed E-state index contributed by atoms with van der Waals surface area (Å²) in [7, 11) is 0. The molecule has 1 unspecified atom stereocenters. The Morgan fingerprint density at radius 2 is 2.33 bits per heavy atom. The van der Waals surface area contributed by atoms with Crippen molar-refractivity contribution in [1.29, 1.82) is 0 Å². The third kappa shape index (κ3) is 1.70. The Bertz CT molecular complexity index is 307. The fourth-order valence-electron chi connectivity index (χ4n) is 2.82. The van der Waals surface area contributed by atoms with Gasteiger partial charge in [-0.15, -0.1) is 0 Å². The summed E-state index contributed by atoms with van der Waals surface area (Å²) < 4.78 is 5.09. The minimum Gasteiger partial charge on any atom is -0.472 e. The average Bonchev–Trinajstić information content (AvgIpc) is 2.78. The molecule has 3 heteroatoms. The van der Waals surface area contributed by atoms with E-state index in [1.165, 1.54) is 0 Å². The van der Waals surface area contributed by atoms with Crippen molar-refractivity contribution >= 4 is 0 Å². The maximum atomic E-state index is 10.0. The van der Waals surface area contributed by atoms with Crippen molar-refractivity contribution < 1.29 is 14.6 Å². The van der Waals surface area contributed by atoms with Gasteiger partial charge in [0.05, 0.1) is 18.6 Å². The molecule has 2 N–H and O–H groups in total. The molecule has 1 aliphatic rings. The highest BCUT2D eigenvalue weighted by atomic mass is 16.3. The number of aliphatic hydroxyl groups excluding tert-OH is 2. The minimum atomic E-state index is -0.315. The zero-order valence-corrected chi connectivity index (χ0v) is 9.02. The molecule has 2 rings (SSSR count). The van der Waals surface area contributed by atoms with Crippen LogP contribution >= 0.6 is 0 Å². The van der Waals surface area contributed by atoms with Crippen LogP contribution in [0.2, 0.25) is 0 Å². The summed E-state index contributed by atoms with van der Waals surface area (Å²) in [6.07, 6.45) is 5.52. The molecular weight excluding hydrogens is 192 g/mol. The Morgan fingerprint density at radius 1 is 1.53 bits per heavy atom. The van der Waals surface area contributed by atoms with Crippen molar-refractivity contribution in [2.24, 2.45) is 5.41 Å². The maximum Gasteiger partial charge on any atom is 0.0937 e. The summed E-state index contributed by atoms with van der Waals surface area (Å²) in [4.78, 5) is 0. The van der Waals surface area contributed by atoms with E-state index in [1.807, 2.05) is 6.07 Å². The van der Waals surface area contributed by atoms with Crippen molar-refractivity contribution in [3.63, 3.8) is 0 Å². The van der Waals surface area contributed by atoms with Gasteiger partial charge in [0.2, 0.25) is 0 Å². The molecule has 0 aliphatic heterocycles. The molecule has 0 radical (unpaired) electrons. The lowest BCUT2D eigenvalue weighted by Crippen LogP contribution is -2.32. The monoisotopic (exact) mass is 210 g/mol. The molecule has 0 bridgehead atoms. The second-order valence-electron chi connectivity index (χ2n) is 4.68. The Kier molecular flexibility index (Phi) is 2.85. The van der Waals surface area contributed by atoms with E-state index in [2.05, 4.69) is 6.92 Å². The van der Waals surface area contributed by atoms with Gasteiger partial charge in [-0.3, -0.25) is 0 Å². The van der Waals surface area contributed by atoms with E-state index < -0.39 is 0 Å². The Hall–Kier alpha value is -0.800. The second kappa shape index (κ2) is 3.99. The van der Waals surface area contributed by atoms with Crippen molar-refractivity contribution in [2.75, 3.05) is 6.61 Å². The number of hydrogen-bond acceptors (Lipinski definition) is 3. The molecule has 1 saturated carbocycles. The van der Waals surface area contributed by atoms with E-state index >= 15 is 0 Å². The second-order valence-corrected chi connectivity index (χ2v) is 4.68. The molecule has 15 heavy (non-hydrogen) atoms. The molecule has 1 fully saturated rings. The maximum absolute atomic E-state index is 10.0. The molecule has 1 aliphatic carbocycles. The summed E-state index contributed by atoms with van der Waals surface area (Å²) in [5, 5.41) is 19.1. The molecule has 3 atom stereocenters. The lowest BCUT2D eigenvalue weighted by atomic mass is 9.73. The van der Waals surface area contributed by atoms with E-state index in [4.69, 9.17) is 9.52 Å².